The van der Waals surface area contributed by atoms with Crippen molar-refractivity contribution in [2.24, 2.45) is 17.6 Å². The number of benzene rings is 2. The van der Waals surface area contributed by atoms with Crippen LogP contribution in [0, 0.1) is 11.8 Å². The van der Waals surface area contributed by atoms with Crippen LogP contribution < -0.4 is 16.2 Å². The summed E-state index contributed by atoms with van der Waals surface area (Å²) in [7, 11) is 0. The lowest BCUT2D eigenvalue weighted by Gasteiger charge is -2.37. The van der Waals surface area contributed by atoms with Crippen molar-refractivity contribution >= 4 is 28.7 Å². The molecule has 2 aliphatic rings. The summed E-state index contributed by atoms with van der Waals surface area (Å²) in [5, 5.41) is 0. The molecule has 2 saturated heterocycles. The van der Waals surface area contributed by atoms with Gasteiger partial charge in [0.1, 0.15) is 0 Å². The molecule has 8 nitrogen and oxygen atoms in total. The van der Waals surface area contributed by atoms with Crippen LogP contribution in [-0.2, 0) is 16.1 Å². The predicted molar refractivity (Wildman–Crippen MR) is 135 cm³/mol. The highest BCUT2D eigenvalue weighted by Gasteiger charge is 2.33. The number of carbonyl (C=O) groups excluding carboxylic acids is 2. The van der Waals surface area contributed by atoms with Crippen LogP contribution in [0.4, 0.5) is 5.82 Å². The summed E-state index contributed by atoms with van der Waals surface area (Å²) < 4.78 is 1.78. The zero-order valence-electron chi connectivity index (χ0n) is 19.8. The third-order valence-electron chi connectivity index (χ3n) is 7.30. The Labute approximate surface area is 204 Å². The first kappa shape index (κ1) is 23.1. The van der Waals surface area contributed by atoms with E-state index in [1.165, 1.54) is 0 Å². The summed E-state index contributed by atoms with van der Waals surface area (Å²) in [4.78, 5) is 47.0. The zero-order chi connectivity index (χ0) is 24.4. The molecule has 1 unspecified atom stereocenters. The van der Waals surface area contributed by atoms with Crippen molar-refractivity contribution in [1.82, 2.24) is 14.5 Å². The molecular formula is C27H31N5O3. The summed E-state index contributed by atoms with van der Waals surface area (Å²) >= 11 is 0. The van der Waals surface area contributed by atoms with Gasteiger partial charge in [0, 0.05) is 32.1 Å². The van der Waals surface area contributed by atoms with Crippen molar-refractivity contribution in [3.05, 3.63) is 70.5 Å². The van der Waals surface area contributed by atoms with Crippen molar-refractivity contribution < 1.29 is 9.59 Å². The van der Waals surface area contributed by atoms with E-state index in [1.807, 2.05) is 64.4 Å². The first-order valence-corrected chi connectivity index (χ1v) is 12.4. The van der Waals surface area contributed by atoms with E-state index in [9.17, 15) is 14.4 Å². The maximum Gasteiger partial charge on any atom is 0.294 e. The molecule has 182 valence electrons. The summed E-state index contributed by atoms with van der Waals surface area (Å²) in [6.07, 6.45) is 2.85. The number of nitrogens with two attached hydrogens (primary N) is 1. The Balaban J connectivity index is 1.40. The van der Waals surface area contributed by atoms with Crippen LogP contribution in [0.1, 0.15) is 31.2 Å². The fourth-order valence-corrected chi connectivity index (χ4v) is 5.32. The molecule has 8 heteroatoms. The number of primary amides is 1. The average molecular weight is 474 g/mol. The van der Waals surface area contributed by atoms with Gasteiger partial charge in [0.05, 0.1) is 23.5 Å². The van der Waals surface area contributed by atoms with Gasteiger partial charge in [-0.15, -0.1) is 0 Å². The van der Waals surface area contributed by atoms with Crippen LogP contribution >= 0.6 is 0 Å². The van der Waals surface area contributed by atoms with Gasteiger partial charge in [-0.2, -0.15) is 0 Å². The normalized spacial score (nSPS) is 19.1. The molecule has 3 aromatic rings. The van der Waals surface area contributed by atoms with Crippen molar-refractivity contribution in [3.8, 4) is 0 Å². The molecule has 2 N–H and O–H groups in total. The molecule has 1 aromatic heterocycles. The Morgan fingerprint density at radius 1 is 0.914 bits per heavy atom. The van der Waals surface area contributed by atoms with Crippen LogP contribution in [0.25, 0.3) is 11.0 Å². The Bertz CT molecular complexity index is 1280. The van der Waals surface area contributed by atoms with Gasteiger partial charge in [-0.1, -0.05) is 42.5 Å². The summed E-state index contributed by atoms with van der Waals surface area (Å²) in [6.45, 7) is 2.74. The van der Waals surface area contributed by atoms with Crippen LogP contribution in [-0.4, -0.2) is 52.4 Å². The highest BCUT2D eigenvalue weighted by atomic mass is 16.2. The summed E-state index contributed by atoms with van der Waals surface area (Å²) in [5.74, 6) is -0.112. The van der Waals surface area contributed by atoms with Gasteiger partial charge in [-0.3, -0.25) is 19.0 Å². The van der Waals surface area contributed by atoms with E-state index in [4.69, 9.17) is 10.7 Å². The number of piperidine rings is 2. The van der Waals surface area contributed by atoms with E-state index in [0.717, 1.165) is 29.4 Å². The molecule has 0 radical (unpaired) electrons. The Morgan fingerprint density at radius 2 is 1.63 bits per heavy atom. The number of fused-ring (bicyclic) bond motifs is 1. The largest absolute Gasteiger partial charge is 0.369 e. The molecule has 2 aromatic carbocycles. The summed E-state index contributed by atoms with van der Waals surface area (Å²) in [6, 6.07) is 17.6. The molecule has 0 saturated carbocycles. The van der Waals surface area contributed by atoms with Gasteiger partial charge >= 0.3 is 0 Å². The fraction of sp³-hybridized carbons (Fsp3) is 0.407. The van der Waals surface area contributed by atoms with E-state index in [0.29, 0.717) is 51.4 Å². The smallest absolute Gasteiger partial charge is 0.294 e. The quantitative estimate of drug-likeness (QED) is 0.613. The minimum absolute atomic E-state index is 0.100. The van der Waals surface area contributed by atoms with Gasteiger partial charge in [-0.25, -0.2) is 4.98 Å². The Morgan fingerprint density at radius 3 is 2.37 bits per heavy atom. The number of aromatic nitrogens is 2. The van der Waals surface area contributed by atoms with Crippen molar-refractivity contribution in [2.45, 2.75) is 32.2 Å². The number of anilines is 1. The minimum atomic E-state index is -0.282. The van der Waals surface area contributed by atoms with Crippen molar-refractivity contribution in [1.29, 1.82) is 0 Å². The molecule has 2 fully saturated rings. The predicted octanol–water partition coefficient (Wildman–Crippen LogP) is 2.39. The Kier molecular flexibility index (Phi) is 6.53. The number of nitrogens with zero attached hydrogens (tertiary/aromatic N) is 4. The van der Waals surface area contributed by atoms with Gasteiger partial charge < -0.3 is 15.5 Å². The molecule has 1 atom stereocenters. The molecule has 2 amide bonds. The van der Waals surface area contributed by atoms with Gasteiger partial charge in [0.15, 0.2) is 5.82 Å². The molecule has 0 aliphatic carbocycles. The van der Waals surface area contributed by atoms with Crippen LogP contribution in [0.15, 0.2) is 59.4 Å². The first-order chi connectivity index (χ1) is 17.0. The first-order valence-electron chi connectivity index (χ1n) is 12.4. The van der Waals surface area contributed by atoms with Crippen LogP contribution in [0.5, 0.6) is 0 Å². The van der Waals surface area contributed by atoms with Crippen molar-refractivity contribution in [3.63, 3.8) is 0 Å². The molecule has 0 spiro atoms. The fourth-order valence-electron chi connectivity index (χ4n) is 5.32. The van der Waals surface area contributed by atoms with E-state index in [2.05, 4.69) is 0 Å². The molecule has 35 heavy (non-hydrogen) atoms. The van der Waals surface area contributed by atoms with Gasteiger partial charge in [0.25, 0.3) is 5.56 Å². The number of amides is 2. The standard InChI is InChI=1S/C27H31N5O3/c28-24(33)20-12-15-30(16-13-20)26(34)21-9-6-14-31(18-21)25-27(35)32(17-19-7-2-1-3-8-19)23-11-5-4-10-22(23)29-25/h1-5,7-8,10-11,20-21H,6,9,12-18H2,(H2,28,33). The number of likely N-dealkylation sites (tertiary alicyclic amines) is 1. The van der Waals surface area contributed by atoms with E-state index in [-0.39, 0.29) is 29.2 Å². The van der Waals surface area contributed by atoms with Gasteiger partial charge in [0.2, 0.25) is 11.8 Å². The lowest BCUT2D eigenvalue weighted by molar-refractivity contribution is -0.138. The summed E-state index contributed by atoms with van der Waals surface area (Å²) in [5.41, 5.74) is 7.91. The second-order valence-electron chi connectivity index (χ2n) is 9.59. The Hall–Kier alpha value is -3.68. The third-order valence-corrected chi connectivity index (χ3v) is 7.30. The lowest BCUT2D eigenvalue weighted by Crippen LogP contribution is -2.49. The third kappa shape index (κ3) is 4.78. The number of carbonyl (C=O) groups is 2. The molecule has 3 heterocycles. The second-order valence-corrected chi connectivity index (χ2v) is 9.59. The molecule has 0 bridgehead atoms. The number of hydrogen-bond donors (Lipinski definition) is 1. The van der Waals surface area contributed by atoms with E-state index >= 15 is 0 Å². The van der Waals surface area contributed by atoms with Gasteiger partial charge in [-0.05, 0) is 43.4 Å². The average Bonchev–Trinajstić information content (AvgIpc) is 2.90. The lowest BCUT2D eigenvalue weighted by atomic mass is 9.92. The molecule has 2 aliphatic heterocycles. The maximum atomic E-state index is 13.7. The number of rotatable bonds is 5. The van der Waals surface area contributed by atoms with Crippen LogP contribution in [0.3, 0.4) is 0 Å². The minimum Gasteiger partial charge on any atom is -0.369 e. The van der Waals surface area contributed by atoms with Crippen LogP contribution in [0.2, 0.25) is 0 Å². The SMILES string of the molecule is NC(=O)C1CCN(C(=O)C2CCCN(c3nc4ccccc4n(Cc4ccccc4)c3=O)C2)CC1. The van der Waals surface area contributed by atoms with E-state index < -0.39 is 0 Å². The monoisotopic (exact) mass is 473 g/mol. The highest BCUT2D eigenvalue weighted by Crippen LogP contribution is 2.25. The maximum absolute atomic E-state index is 13.7. The second kappa shape index (κ2) is 9.90. The topological polar surface area (TPSA) is 102 Å². The molecular weight excluding hydrogens is 442 g/mol. The highest BCUT2D eigenvalue weighted by molar-refractivity contribution is 5.81. The van der Waals surface area contributed by atoms with E-state index in [1.54, 1.807) is 4.57 Å². The molecule has 5 rings (SSSR count). The number of hydrogen-bond acceptors (Lipinski definition) is 5. The zero-order valence-corrected chi connectivity index (χ0v) is 19.8. The number of para-hydroxylation sites is 2. The van der Waals surface area contributed by atoms with Crippen molar-refractivity contribution in [2.75, 3.05) is 31.1 Å².